The fraction of sp³-hybridized carbons (Fsp3) is 0.467. The predicted octanol–water partition coefficient (Wildman–Crippen LogP) is 2.60. The summed E-state index contributed by atoms with van der Waals surface area (Å²) in [7, 11) is 0. The number of carboxylic acid groups (broad SMARTS) is 1. The van der Waals surface area contributed by atoms with Gasteiger partial charge in [0.1, 0.15) is 11.6 Å². The van der Waals surface area contributed by atoms with Crippen molar-refractivity contribution in [1.82, 2.24) is 5.32 Å². The highest BCUT2D eigenvalue weighted by molar-refractivity contribution is 5.88. The molecule has 0 radical (unpaired) electrons. The smallest absolute Gasteiger partial charge is 0.335 e. The van der Waals surface area contributed by atoms with Gasteiger partial charge in [-0.3, -0.25) is 4.79 Å². The van der Waals surface area contributed by atoms with Crippen molar-refractivity contribution in [2.24, 2.45) is 0 Å². The van der Waals surface area contributed by atoms with Gasteiger partial charge in [0.2, 0.25) is 0 Å². The van der Waals surface area contributed by atoms with Crippen molar-refractivity contribution in [1.29, 1.82) is 0 Å². The van der Waals surface area contributed by atoms with Crippen molar-refractivity contribution in [3.8, 4) is 5.75 Å². The van der Waals surface area contributed by atoms with Crippen molar-refractivity contribution < 1.29 is 23.8 Å². The Balaban J connectivity index is 2.76. The summed E-state index contributed by atoms with van der Waals surface area (Å²) < 4.78 is 18.6. The number of benzene rings is 1. The number of amides is 1. The second-order valence-electron chi connectivity index (χ2n) is 4.76. The van der Waals surface area contributed by atoms with Gasteiger partial charge in [-0.25, -0.2) is 9.18 Å². The van der Waals surface area contributed by atoms with Crippen molar-refractivity contribution in [2.75, 3.05) is 0 Å². The Kier molecular flexibility index (Phi) is 6.14. The van der Waals surface area contributed by atoms with Gasteiger partial charge in [0.05, 0.1) is 5.56 Å². The van der Waals surface area contributed by atoms with E-state index in [0.717, 1.165) is 25.0 Å². The first-order valence-electron chi connectivity index (χ1n) is 6.88. The number of hydrogen-bond acceptors (Lipinski definition) is 3. The van der Waals surface area contributed by atoms with E-state index in [1.54, 1.807) is 0 Å². The molecule has 0 aliphatic heterocycles. The van der Waals surface area contributed by atoms with Crippen LogP contribution in [0, 0.1) is 5.82 Å². The zero-order chi connectivity index (χ0) is 16.0. The van der Waals surface area contributed by atoms with E-state index < -0.39 is 17.9 Å². The number of hydrogen-bond donors (Lipinski definition) is 2. The van der Waals surface area contributed by atoms with Crippen LogP contribution in [0.1, 0.15) is 44.0 Å². The van der Waals surface area contributed by atoms with Gasteiger partial charge in [0, 0.05) is 12.1 Å². The number of rotatable bonds is 7. The molecular weight excluding hydrogens is 277 g/mol. The Bertz CT molecular complexity index is 514. The van der Waals surface area contributed by atoms with Crippen molar-refractivity contribution in [2.45, 2.75) is 45.8 Å². The fourth-order valence-corrected chi connectivity index (χ4v) is 1.82. The van der Waals surface area contributed by atoms with Crippen LogP contribution in [0.5, 0.6) is 5.75 Å². The topological polar surface area (TPSA) is 75.6 Å². The molecular formula is C15H20FNO4. The van der Waals surface area contributed by atoms with Crippen molar-refractivity contribution >= 4 is 11.9 Å². The van der Waals surface area contributed by atoms with Crippen LogP contribution in [0.25, 0.3) is 0 Å². The van der Waals surface area contributed by atoms with Gasteiger partial charge < -0.3 is 15.2 Å². The van der Waals surface area contributed by atoms with Crippen LogP contribution in [0.3, 0.4) is 0 Å². The average Bonchev–Trinajstić information content (AvgIpc) is 2.43. The summed E-state index contributed by atoms with van der Waals surface area (Å²) in [6.07, 6.45) is 0.768. The molecule has 1 aromatic rings. The molecule has 0 aromatic heterocycles. The third-order valence-corrected chi connectivity index (χ3v) is 3.13. The minimum absolute atomic E-state index is 0.0135. The molecule has 0 heterocycles. The normalized spacial score (nSPS) is 12.0. The van der Waals surface area contributed by atoms with Crippen LogP contribution < -0.4 is 10.1 Å². The molecule has 0 aliphatic carbocycles. The maximum Gasteiger partial charge on any atom is 0.335 e. The van der Waals surface area contributed by atoms with E-state index in [4.69, 9.17) is 9.84 Å². The summed E-state index contributed by atoms with van der Waals surface area (Å²) in [5.41, 5.74) is -0.224. The van der Waals surface area contributed by atoms with Gasteiger partial charge in [-0.15, -0.1) is 0 Å². The number of carbonyl (C=O) groups excluding carboxylic acids is 1. The average molecular weight is 297 g/mol. The van der Waals surface area contributed by atoms with Crippen LogP contribution in [-0.2, 0) is 4.79 Å². The van der Waals surface area contributed by atoms with E-state index in [-0.39, 0.29) is 23.3 Å². The van der Waals surface area contributed by atoms with Gasteiger partial charge in [0.25, 0.3) is 5.91 Å². The van der Waals surface area contributed by atoms with Crippen LogP contribution in [0.2, 0.25) is 0 Å². The Morgan fingerprint density at radius 2 is 1.90 bits per heavy atom. The lowest BCUT2D eigenvalue weighted by molar-refractivity contribution is -0.128. The maximum atomic E-state index is 13.3. The largest absolute Gasteiger partial charge is 0.481 e. The number of ether oxygens (including phenoxy) is 1. The third kappa shape index (κ3) is 5.06. The van der Waals surface area contributed by atoms with Crippen molar-refractivity contribution in [3.05, 3.63) is 29.6 Å². The van der Waals surface area contributed by atoms with E-state index in [0.29, 0.717) is 0 Å². The zero-order valence-corrected chi connectivity index (χ0v) is 12.4. The van der Waals surface area contributed by atoms with Crippen LogP contribution in [-0.4, -0.2) is 29.1 Å². The highest BCUT2D eigenvalue weighted by atomic mass is 19.1. The van der Waals surface area contributed by atoms with E-state index >= 15 is 0 Å². The summed E-state index contributed by atoms with van der Waals surface area (Å²) in [5, 5.41) is 11.7. The van der Waals surface area contributed by atoms with Crippen LogP contribution >= 0.6 is 0 Å². The summed E-state index contributed by atoms with van der Waals surface area (Å²) in [6.45, 7) is 5.46. The van der Waals surface area contributed by atoms with Gasteiger partial charge >= 0.3 is 5.97 Å². The molecule has 1 aromatic carbocycles. The second-order valence-corrected chi connectivity index (χ2v) is 4.76. The molecule has 2 N–H and O–H groups in total. The Morgan fingerprint density at radius 1 is 1.29 bits per heavy atom. The van der Waals surface area contributed by atoms with Gasteiger partial charge in [-0.1, -0.05) is 13.8 Å². The molecule has 21 heavy (non-hydrogen) atoms. The SMILES string of the molecule is CCC(CC)NC(=O)C(C)Oc1cc(F)cc(C(=O)O)c1. The Labute approximate surface area is 123 Å². The van der Waals surface area contributed by atoms with Gasteiger partial charge in [0.15, 0.2) is 6.10 Å². The fourth-order valence-electron chi connectivity index (χ4n) is 1.82. The second kappa shape index (κ2) is 7.61. The van der Waals surface area contributed by atoms with Gasteiger partial charge in [-0.05, 0) is 31.9 Å². The van der Waals surface area contributed by atoms with Crippen molar-refractivity contribution in [3.63, 3.8) is 0 Å². The summed E-state index contributed by atoms with van der Waals surface area (Å²) in [5.74, 6) is -2.28. The Hall–Kier alpha value is -2.11. The van der Waals surface area contributed by atoms with Crippen LogP contribution in [0.15, 0.2) is 18.2 Å². The first-order chi connectivity index (χ1) is 9.87. The lowest BCUT2D eigenvalue weighted by atomic mass is 10.1. The molecule has 1 amide bonds. The summed E-state index contributed by atoms with van der Waals surface area (Å²) in [4.78, 5) is 22.8. The highest BCUT2D eigenvalue weighted by Gasteiger charge is 2.18. The number of aromatic carboxylic acids is 1. The first kappa shape index (κ1) is 16.9. The standard InChI is InChI=1S/C15H20FNO4/c1-4-12(5-2)17-14(18)9(3)21-13-7-10(15(19)20)6-11(16)8-13/h6-9,12H,4-5H2,1-3H3,(H,17,18)(H,19,20). The first-order valence-corrected chi connectivity index (χ1v) is 6.88. The predicted molar refractivity (Wildman–Crippen MR) is 76.0 cm³/mol. The molecule has 0 saturated carbocycles. The number of carbonyl (C=O) groups is 2. The number of nitrogens with one attached hydrogen (secondary N) is 1. The molecule has 6 heteroatoms. The molecule has 0 aliphatic rings. The number of halogens is 1. The minimum atomic E-state index is -1.26. The quantitative estimate of drug-likeness (QED) is 0.811. The lowest BCUT2D eigenvalue weighted by Gasteiger charge is -2.19. The summed E-state index contributed by atoms with van der Waals surface area (Å²) >= 11 is 0. The molecule has 5 nitrogen and oxygen atoms in total. The van der Waals surface area contributed by atoms with E-state index in [9.17, 15) is 14.0 Å². The molecule has 0 bridgehead atoms. The third-order valence-electron chi connectivity index (χ3n) is 3.13. The summed E-state index contributed by atoms with van der Waals surface area (Å²) in [6, 6.07) is 3.19. The maximum absolute atomic E-state index is 13.3. The number of carboxylic acids is 1. The lowest BCUT2D eigenvalue weighted by Crippen LogP contribution is -2.42. The monoisotopic (exact) mass is 297 g/mol. The van der Waals surface area contributed by atoms with Gasteiger partial charge in [-0.2, -0.15) is 0 Å². The molecule has 0 fully saturated rings. The molecule has 116 valence electrons. The van der Waals surface area contributed by atoms with Crippen LogP contribution in [0.4, 0.5) is 4.39 Å². The Morgan fingerprint density at radius 3 is 2.43 bits per heavy atom. The van der Waals surface area contributed by atoms with E-state index in [2.05, 4.69) is 5.32 Å². The molecule has 1 rings (SSSR count). The molecule has 1 unspecified atom stereocenters. The highest BCUT2D eigenvalue weighted by Crippen LogP contribution is 2.18. The minimum Gasteiger partial charge on any atom is -0.481 e. The van der Waals surface area contributed by atoms with E-state index in [1.807, 2.05) is 13.8 Å². The van der Waals surface area contributed by atoms with E-state index in [1.165, 1.54) is 13.0 Å². The molecule has 1 atom stereocenters. The molecule has 0 saturated heterocycles. The zero-order valence-electron chi connectivity index (χ0n) is 12.4. The molecule has 0 spiro atoms.